The number of carbonyl (C=O) groups is 2. The predicted octanol–water partition coefficient (Wildman–Crippen LogP) is 3.07. The fraction of sp³-hybridized carbons (Fsp3) is 0.429. The smallest absolute Gasteiger partial charge is 0.265 e. The molecule has 0 radical (unpaired) electrons. The van der Waals surface area contributed by atoms with Crippen LogP contribution in [0.15, 0.2) is 65.8 Å². The van der Waals surface area contributed by atoms with Crippen LogP contribution in [-0.4, -0.2) is 67.4 Å². The lowest BCUT2D eigenvalue weighted by molar-refractivity contribution is -0.133. The van der Waals surface area contributed by atoms with Crippen molar-refractivity contribution in [3.8, 4) is 11.5 Å². The van der Waals surface area contributed by atoms with E-state index in [2.05, 4.69) is 16.8 Å². The third-order valence-electron chi connectivity index (χ3n) is 7.12. The number of rotatable bonds is 12. The minimum atomic E-state index is -4.07. The predicted molar refractivity (Wildman–Crippen MR) is 144 cm³/mol. The highest BCUT2D eigenvalue weighted by molar-refractivity contribution is 7.93. The second-order valence-electron chi connectivity index (χ2n) is 9.96. The van der Waals surface area contributed by atoms with E-state index in [1.165, 1.54) is 12.1 Å². The van der Waals surface area contributed by atoms with Gasteiger partial charge in [0.2, 0.25) is 0 Å². The molecule has 0 unspecified atom stereocenters. The number of hydrogen-bond donors (Lipinski definition) is 3. The molecule has 0 atom stereocenters. The van der Waals surface area contributed by atoms with Crippen LogP contribution in [-0.2, 0) is 14.6 Å². The molecule has 4 rings (SSSR count). The van der Waals surface area contributed by atoms with Crippen molar-refractivity contribution in [1.82, 2.24) is 15.7 Å². The first-order chi connectivity index (χ1) is 18.7. The molecule has 1 saturated heterocycles. The molecule has 0 bridgehead atoms. The number of piperidine rings is 1. The summed E-state index contributed by atoms with van der Waals surface area (Å²) in [6.07, 6.45) is 2.97. The standard InChI is InChI=1S/C28H35N3O7S/c1-20(2)38-24-8-4-21(5-9-24)26(32)29-16-3-19-37-23-10-12-25(13-11-23)39(35,36)28(27(33)30-34)14-17-31(18-15-28)22-6-7-22/h4-5,8-13,22,34H,1,3,6-7,14-19H2,2H3,(H,29,32)(H,30,33). The molecule has 210 valence electrons. The SMILES string of the molecule is C=C(C)Oc1ccc(C(=O)NCCCOc2ccc(S(=O)(=O)C3(C(=O)NO)CCN(C4CC4)CC3)cc2)cc1. The van der Waals surface area contributed by atoms with Crippen LogP contribution >= 0.6 is 0 Å². The third kappa shape index (κ3) is 6.60. The van der Waals surface area contributed by atoms with Crippen molar-refractivity contribution >= 4 is 21.7 Å². The molecule has 2 aromatic rings. The van der Waals surface area contributed by atoms with Crippen molar-refractivity contribution in [3.63, 3.8) is 0 Å². The number of ether oxygens (including phenoxy) is 2. The molecule has 1 heterocycles. The molecule has 0 aromatic heterocycles. The summed E-state index contributed by atoms with van der Waals surface area (Å²) in [5.74, 6) is 0.534. The summed E-state index contributed by atoms with van der Waals surface area (Å²) in [6.45, 7) is 7.11. The number of allylic oxidation sites excluding steroid dienone is 1. The van der Waals surface area contributed by atoms with E-state index < -0.39 is 20.5 Å². The van der Waals surface area contributed by atoms with Crippen molar-refractivity contribution in [2.24, 2.45) is 0 Å². The molecule has 2 aliphatic rings. The molecule has 1 aliphatic heterocycles. The Morgan fingerprint density at radius 3 is 2.23 bits per heavy atom. The number of nitrogens with one attached hydrogen (secondary N) is 2. The number of likely N-dealkylation sites (tertiary alicyclic amines) is 1. The summed E-state index contributed by atoms with van der Waals surface area (Å²) < 4.78 is 36.5. The highest BCUT2D eigenvalue weighted by Crippen LogP contribution is 2.39. The topological polar surface area (TPSA) is 134 Å². The van der Waals surface area contributed by atoms with Crippen LogP contribution in [0.2, 0.25) is 0 Å². The van der Waals surface area contributed by atoms with Gasteiger partial charge in [0.05, 0.1) is 17.3 Å². The maximum Gasteiger partial charge on any atom is 0.265 e. The molecule has 2 aromatic carbocycles. The van der Waals surface area contributed by atoms with Crippen LogP contribution in [0.4, 0.5) is 0 Å². The van der Waals surface area contributed by atoms with E-state index in [1.54, 1.807) is 48.8 Å². The molecule has 0 spiro atoms. The van der Waals surface area contributed by atoms with E-state index >= 15 is 0 Å². The Hall–Kier alpha value is -3.41. The Balaban J connectivity index is 1.27. The van der Waals surface area contributed by atoms with E-state index in [0.29, 0.717) is 61.5 Å². The minimum Gasteiger partial charge on any atom is -0.494 e. The molecule has 11 heteroatoms. The zero-order valence-electron chi connectivity index (χ0n) is 22.0. The van der Waals surface area contributed by atoms with E-state index in [1.807, 2.05) is 0 Å². The van der Waals surface area contributed by atoms with E-state index in [9.17, 15) is 23.2 Å². The van der Waals surface area contributed by atoms with Crippen LogP contribution in [0.5, 0.6) is 11.5 Å². The van der Waals surface area contributed by atoms with Crippen molar-refractivity contribution < 1.29 is 32.7 Å². The monoisotopic (exact) mass is 557 g/mol. The van der Waals surface area contributed by atoms with Crippen molar-refractivity contribution in [1.29, 1.82) is 0 Å². The molecular formula is C28H35N3O7S. The lowest BCUT2D eigenvalue weighted by Gasteiger charge is -2.39. The summed E-state index contributed by atoms with van der Waals surface area (Å²) in [4.78, 5) is 27.2. The van der Waals surface area contributed by atoms with Gasteiger partial charge in [-0.15, -0.1) is 0 Å². The number of hydroxylamine groups is 1. The highest BCUT2D eigenvalue weighted by atomic mass is 32.2. The average molecular weight is 558 g/mol. The Kier molecular flexibility index (Phi) is 8.94. The summed E-state index contributed by atoms with van der Waals surface area (Å²) in [6, 6.07) is 13.2. The quantitative estimate of drug-likeness (QED) is 0.157. The number of carbonyl (C=O) groups excluding carboxylic acids is 2. The highest BCUT2D eigenvalue weighted by Gasteiger charge is 2.53. The summed E-state index contributed by atoms with van der Waals surface area (Å²) in [5.41, 5.74) is 2.10. The van der Waals surface area contributed by atoms with Crippen LogP contribution in [0.3, 0.4) is 0 Å². The number of hydrogen-bond acceptors (Lipinski definition) is 8. The first-order valence-corrected chi connectivity index (χ1v) is 14.5. The van der Waals surface area contributed by atoms with Crippen LogP contribution in [0, 0.1) is 0 Å². The van der Waals surface area contributed by atoms with E-state index in [4.69, 9.17) is 9.47 Å². The van der Waals surface area contributed by atoms with Gasteiger partial charge in [0.25, 0.3) is 11.8 Å². The van der Waals surface area contributed by atoms with Gasteiger partial charge in [-0.3, -0.25) is 14.8 Å². The lowest BCUT2D eigenvalue weighted by atomic mass is 9.94. The van der Waals surface area contributed by atoms with Crippen molar-refractivity contribution in [2.45, 2.75) is 54.7 Å². The summed E-state index contributed by atoms with van der Waals surface area (Å²) >= 11 is 0. The fourth-order valence-corrected chi connectivity index (χ4v) is 6.75. The average Bonchev–Trinajstić information content (AvgIpc) is 3.78. The molecule has 1 saturated carbocycles. The zero-order valence-corrected chi connectivity index (χ0v) is 22.8. The lowest BCUT2D eigenvalue weighted by Crippen LogP contribution is -2.58. The Bertz CT molecular complexity index is 1280. The van der Waals surface area contributed by atoms with Gasteiger partial charge >= 0.3 is 0 Å². The van der Waals surface area contributed by atoms with Gasteiger partial charge in [0.1, 0.15) is 11.5 Å². The van der Waals surface area contributed by atoms with Gasteiger partial charge < -0.3 is 19.7 Å². The van der Waals surface area contributed by atoms with Gasteiger partial charge in [0, 0.05) is 31.2 Å². The third-order valence-corrected chi connectivity index (χ3v) is 9.63. The van der Waals surface area contributed by atoms with Gasteiger partial charge in [-0.05, 0) is 87.6 Å². The fourth-order valence-electron chi connectivity index (χ4n) is 4.79. The maximum atomic E-state index is 13.6. The van der Waals surface area contributed by atoms with Crippen LogP contribution in [0.25, 0.3) is 0 Å². The largest absolute Gasteiger partial charge is 0.494 e. The Morgan fingerprint density at radius 1 is 1.05 bits per heavy atom. The van der Waals surface area contributed by atoms with E-state index in [-0.39, 0.29) is 23.6 Å². The zero-order chi connectivity index (χ0) is 28.0. The molecule has 1 aliphatic carbocycles. The molecule has 10 nitrogen and oxygen atoms in total. The van der Waals surface area contributed by atoms with Gasteiger partial charge in [-0.25, -0.2) is 13.9 Å². The summed E-state index contributed by atoms with van der Waals surface area (Å²) in [7, 11) is -4.07. The second kappa shape index (κ2) is 12.2. The number of nitrogens with zero attached hydrogens (tertiary/aromatic N) is 1. The molecule has 3 N–H and O–H groups in total. The molecule has 2 amide bonds. The molecule has 39 heavy (non-hydrogen) atoms. The number of amides is 2. The molecular weight excluding hydrogens is 522 g/mol. The first kappa shape index (κ1) is 28.6. The normalized spacial score (nSPS) is 17.2. The van der Waals surface area contributed by atoms with Gasteiger partial charge in [-0.2, -0.15) is 0 Å². The summed E-state index contributed by atoms with van der Waals surface area (Å²) in [5, 5.41) is 12.2. The first-order valence-electron chi connectivity index (χ1n) is 13.0. The van der Waals surface area contributed by atoms with Gasteiger partial charge in [0.15, 0.2) is 14.6 Å². The minimum absolute atomic E-state index is 0.00487. The van der Waals surface area contributed by atoms with Gasteiger partial charge in [-0.1, -0.05) is 6.58 Å². The maximum absolute atomic E-state index is 13.6. The van der Waals surface area contributed by atoms with Crippen LogP contribution in [0.1, 0.15) is 49.4 Å². The Morgan fingerprint density at radius 2 is 1.67 bits per heavy atom. The second-order valence-corrected chi connectivity index (χ2v) is 12.2. The van der Waals surface area contributed by atoms with Crippen molar-refractivity contribution in [2.75, 3.05) is 26.2 Å². The van der Waals surface area contributed by atoms with Crippen molar-refractivity contribution in [3.05, 3.63) is 66.4 Å². The number of sulfone groups is 1. The number of benzene rings is 2. The Labute approximate surface area is 228 Å². The van der Waals surface area contributed by atoms with E-state index in [0.717, 1.165) is 12.8 Å². The van der Waals surface area contributed by atoms with Crippen LogP contribution < -0.4 is 20.3 Å². The molecule has 2 fully saturated rings.